The summed E-state index contributed by atoms with van der Waals surface area (Å²) in [6.45, 7) is -0.520. The molecule has 0 spiro atoms. The molecule has 1 aromatic heterocycles. The second kappa shape index (κ2) is 8.09. The van der Waals surface area contributed by atoms with Gasteiger partial charge in [-0.15, -0.1) is 0 Å². The molecule has 140 valence electrons. The number of rotatable bonds is 5. The number of anilines is 1. The number of benzene rings is 1. The van der Waals surface area contributed by atoms with Crippen molar-refractivity contribution in [1.82, 2.24) is 4.98 Å². The van der Waals surface area contributed by atoms with E-state index < -0.39 is 37.3 Å². The first kappa shape index (κ1) is 19.4. The summed E-state index contributed by atoms with van der Waals surface area (Å²) in [5.41, 5.74) is 0.510. The van der Waals surface area contributed by atoms with Gasteiger partial charge in [-0.3, -0.25) is 4.79 Å². The van der Waals surface area contributed by atoms with E-state index in [2.05, 4.69) is 26.2 Å². The van der Waals surface area contributed by atoms with Crippen LogP contribution in [0.15, 0.2) is 34.9 Å². The monoisotopic (exact) mass is 444 g/mol. The van der Waals surface area contributed by atoms with E-state index in [1.165, 1.54) is 6.20 Å². The van der Waals surface area contributed by atoms with Crippen molar-refractivity contribution in [3.8, 4) is 0 Å². The number of ketones is 1. The number of aliphatic hydroxyl groups is 4. The van der Waals surface area contributed by atoms with Crippen LogP contribution in [0.2, 0.25) is 0 Å². The smallest absolute Gasteiger partial charge is 0.204 e. The van der Waals surface area contributed by atoms with Crippen molar-refractivity contribution in [2.45, 2.75) is 30.6 Å². The van der Waals surface area contributed by atoms with Crippen LogP contribution in [0.5, 0.6) is 0 Å². The van der Waals surface area contributed by atoms with Crippen molar-refractivity contribution in [1.29, 1.82) is 0 Å². The third-order valence-electron chi connectivity index (χ3n) is 3.99. The molecule has 0 amide bonds. The van der Waals surface area contributed by atoms with Crippen molar-refractivity contribution in [3.63, 3.8) is 0 Å². The Kier molecular flexibility index (Phi) is 6.03. The number of thiazole rings is 1. The zero-order chi connectivity index (χ0) is 18.8. The van der Waals surface area contributed by atoms with Gasteiger partial charge in [0.05, 0.1) is 17.7 Å². The van der Waals surface area contributed by atoms with E-state index in [1.807, 2.05) is 0 Å². The zero-order valence-electron chi connectivity index (χ0n) is 13.3. The SMILES string of the molecule is O=C(c1ccc(Br)cc1)c1cnc(N[C@H]2OC(CO)[C@@H](O)[C@H](O)C2O)s1. The van der Waals surface area contributed by atoms with Gasteiger partial charge in [0.1, 0.15) is 24.4 Å². The Hall–Kier alpha value is -1.40. The van der Waals surface area contributed by atoms with Crippen LogP contribution >= 0.6 is 27.3 Å². The topological polar surface area (TPSA) is 132 Å². The minimum Gasteiger partial charge on any atom is -0.394 e. The summed E-state index contributed by atoms with van der Waals surface area (Å²) in [7, 11) is 0. The maximum Gasteiger partial charge on any atom is 0.204 e. The van der Waals surface area contributed by atoms with E-state index in [-0.39, 0.29) is 5.78 Å². The van der Waals surface area contributed by atoms with Crippen molar-refractivity contribution in [2.75, 3.05) is 11.9 Å². The van der Waals surface area contributed by atoms with Crippen LogP contribution in [0.1, 0.15) is 15.2 Å². The number of aliphatic hydroxyl groups excluding tert-OH is 4. The molecule has 3 rings (SSSR count). The largest absolute Gasteiger partial charge is 0.394 e. The normalized spacial score (nSPS) is 28.7. The van der Waals surface area contributed by atoms with Crippen molar-refractivity contribution in [2.24, 2.45) is 0 Å². The van der Waals surface area contributed by atoms with Crippen LogP contribution in [0.3, 0.4) is 0 Å². The molecule has 10 heteroatoms. The molecule has 0 radical (unpaired) electrons. The molecule has 5 atom stereocenters. The lowest BCUT2D eigenvalue weighted by molar-refractivity contribution is -0.221. The molecule has 1 aromatic carbocycles. The van der Waals surface area contributed by atoms with Gasteiger partial charge in [0.25, 0.3) is 0 Å². The molecule has 0 saturated carbocycles. The highest BCUT2D eigenvalue weighted by Gasteiger charge is 2.43. The molecule has 5 N–H and O–H groups in total. The summed E-state index contributed by atoms with van der Waals surface area (Å²) >= 11 is 4.38. The number of hydrogen-bond acceptors (Lipinski definition) is 9. The molecule has 1 aliphatic rings. The Bertz CT molecular complexity index is 768. The van der Waals surface area contributed by atoms with Gasteiger partial charge in [-0.25, -0.2) is 4.98 Å². The van der Waals surface area contributed by atoms with Crippen LogP contribution in [-0.2, 0) is 4.74 Å². The van der Waals surface area contributed by atoms with Gasteiger partial charge >= 0.3 is 0 Å². The van der Waals surface area contributed by atoms with E-state index in [4.69, 9.17) is 4.74 Å². The van der Waals surface area contributed by atoms with Crippen LogP contribution in [0.25, 0.3) is 0 Å². The third kappa shape index (κ3) is 3.96. The zero-order valence-corrected chi connectivity index (χ0v) is 15.7. The number of halogens is 1. The fraction of sp³-hybridized carbons (Fsp3) is 0.375. The molecule has 1 fully saturated rings. The predicted octanol–water partition coefficient (Wildman–Crippen LogP) is 0.348. The molecule has 2 aromatic rings. The maximum absolute atomic E-state index is 12.5. The highest BCUT2D eigenvalue weighted by atomic mass is 79.9. The van der Waals surface area contributed by atoms with Gasteiger partial charge in [-0.05, 0) is 24.3 Å². The number of carbonyl (C=O) groups is 1. The highest BCUT2D eigenvalue weighted by molar-refractivity contribution is 9.10. The molecule has 1 aliphatic heterocycles. The van der Waals surface area contributed by atoms with E-state index >= 15 is 0 Å². The van der Waals surface area contributed by atoms with Gasteiger partial charge < -0.3 is 30.5 Å². The van der Waals surface area contributed by atoms with Crippen molar-refractivity contribution < 1.29 is 30.0 Å². The van der Waals surface area contributed by atoms with Gasteiger partial charge in [-0.1, -0.05) is 27.3 Å². The number of carbonyl (C=O) groups excluding carboxylic acids is 1. The Labute approximate surface area is 161 Å². The lowest BCUT2D eigenvalue weighted by atomic mass is 9.98. The second-order valence-corrected chi connectivity index (χ2v) is 7.71. The predicted molar refractivity (Wildman–Crippen MR) is 97.1 cm³/mol. The number of nitrogens with one attached hydrogen (secondary N) is 1. The molecule has 8 nitrogen and oxygen atoms in total. The first-order chi connectivity index (χ1) is 12.4. The lowest BCUT2D eigenvalue weighted by Gasteiger charge is -2.40. The first-order valence-electron chi connectivity index (χ1n) is 7.74. The van der Waals surface area contributed by atoms with Gasteiger partial charge in [0.2, 0.25) is 5.78 Å². The lowest BCUT2D eigenvalue weighted by Crippen LogP contribution is -2.60. The van der Waals surface area contributed by atoms with E-state index in [1.54, 1.807) is 24.3 Å². The van der Waals surface area contributed by atoms with E-state index in [9.17, 15) is 25.2 Å². The summed E-state index contributed by atoms with van der Waals surface area (Å²) in [6.07, 6.45) is -5.05. The summed E-state index contributed by atoms with van der Waals surface area (Å²) in [5, 5.41) is 41.9. The summed E-state index contributed by atoms with van der Waals surface area (Å²) in [4.78, 5) is 16.9. The average molecular weight is 445 g/mol. The molecular weight excluding hydrogens is 428 g/mol. The Morgan fingerprint density at radius 2 is 1.88 bits per heavy atom. The fourth-order valence-electron chi connectivity index (χ4n) is 2.53. The molecule has 26 heavy (non-hydrogen) atoms. The molecule has 0 bridgehead atoms. The van der Waals surface area contributed by atoms with Gasteiger partial charge in [0, 0.05) is 10.0 Å². The number of aromatic nitrogens is 1. The standard InChI is InChI=1S/C16H17BrN2O6S/c17-8-3-1-7(2-4-8)11(21)10-5-18-16(26-10)19-15-14(24)13(23)12(22)9(6-20)25-15/h1-5,9,12-15,20,22-24H,6H2,(H,18,19)/t9?,12-,13+,14?,15+/m1/s1. The Morgan fingerprint density at radius 1 is 1.19 bits per heavy atom. The minimum atomic E-state index is -1.48. The van der Waals surface area contributed by atoms with Gasteiger partial charge in [-0.2, -0.15) is 0 Å². The molecule has 1 saturated heterocycles. The van der Waals surface area contributed by atoms with Crippen molar-refractivity contribution >= 4 is 38.2 Å². The fourth-order valence-corrected chi connectivity index (χ4v) is 3.60. The number of nitrogens with zero attached hydrogens (tertiary/aromatic N) is 1. The first-order valence-corrected chi connectivity index (χ1v) is 9.35. The third-order valence-corrected chi connectivity index (χ3v) is 5.45. The molecule has 0 aliphatic carbocycles. The van der Waals surface area contributed by atoms with Crippen LogP contribution < -0.4 is 5.32 Å². The summed E-state index contributed by atoms with van der Waals surface area (Å²) in [6, 6.07) is 6.91. The van der Waals surface area contributed by atoms with Crippen LogP contribution in [-0.4, -0.2) is 68.4 Å². The molecule has 2 unspecified atom stereocenters. The minimum absolute atomic E-state index is 0.197. The van der Waals surface area contributed by atoms with Crippen LogP contribution in [0.4, 0.5) is 5.13 Å². The Morgan fingerprint density at radius 3 is 2.54 bits per heavy atom. The highest BCUT2D eigenvalue weighted by Crippen LogP contribution is 2.26. The Balaban J connectivity index is 1.71. The van der Waals surface area contributed by atoms with E-state index in [0.717, 1.165) is 15.8 Å². The van der Waals surface area contributed by atoms with E-state index in [0.29, 0.717) is 15.6 Å². The second-order valence-electron chi connectivity index (χ2n) is 5.76. The van der Waals surface area contributed by atoms with Gasteiger partial charge in [0.15, 0.2) is 11.4 Å². The van der Waals surface area contributed by atoms with Crippen molar-refractivity contribution in [3.05, 3.63) is 45.4 Å². The average Bonchev–Trinajstić information content (AvgIpc) is 3.11. The number of ether oxygens (including phenoxy) is 1. The quantitative estimate of drug-likeness (QED) is 0.417. The summed E-state index contributed by atoms with van der Waals surface area (Å²) < 4.78 is 6.22. The maximum atomic E-state index is 12.5. The molecular formula is C16H17BrN2O6S. The molecule has 2 heterocycles. The number of hydrogen-bond donors (Lipinski definition) is 5. The van der Waals surface area contributed by atoms with Crippen LogP contribution in [0, 0.1) is 0 Å². The summed E-state index contributed by atoms with van der Waals surface area (Å²) in [5.74, 6) is -0.197.